The van der Waals surface area contributed by atoms with Gasteiger partial charge in [-0.05, 0) is 64.6 Å². The van der Waals surface area contributed by atoms with Gasteiger partial charge in [0.15, 0.2) is 0 Å². The lowest BCUT2D eigenvalue weighted by molar-refractivity contribution is 0.413. The molecule has 0 spiro atoms. The zero-order valence-corrected chi connectivity index (χ0v) is 16.3. The molecule has 4 nitrogen and oxygen atoms in total. The predicted octanol–water partition coefficient (Wildman–Crippen LogP) is 3.74. The number of hydrogen-bond acceptors (Lipinski definition) is 4. The Bertz CT molecular complexity index is 776. The minimum Gasteiger partial charge on any atom is -0.497 e. The van der Waals surface area contributed by atoms with Crippen molar-refractivity contribution < 1.29 is 13.2 Å². The predicted molar refractivity (Wildman–Crippen MR) is 101 cm³/mol. The highest BCUT2D eigenvalue weighted by molar-refractivity contribution is 14.1. The average molecular weight is 461 g/mol. The fourth-order valence-corrected chi connectivity index (χ4v) is 6.07. The van der Waals surface area contributed by atoms with E-state index in [4.69, 9.17) is 4.74 Å². The van der Waals surface area contributed by atoms with Crippen LogP contribution >= 0.6 is 34.4 Å². The maximum atomic E-state index is 12.9. The van der Waals surface area contributed by atoms with Crippen molar-refractivity contribution in [2.24, 2.45) is 0 Å². The first-order valence-corrected chi connectivity index (χ1v) is 10.6. The van der Waals surface area contributed by atoms with Gasteiger partial charge in [-0.15, -0.1) is 11.8 Å². The Balaban J connectivity index is 1.92. The van der Waals surface area contributed by atoms with Gasteiger partial charge in [0.1, 0.15) is 5.75 Å². The van der Waals surface area contributed by atoms with Crippen molar-refractivity contribution >= 4 is 44.4 Å². The molecule has 0 aliphatic carbocycles. The average Bonchev–Trinajstić information content (AvgIpc) is 3.06. The summed E-state index contributed by atoms with van der Waals surface area (Å²) in [6.07, 6.45) is 0. The second-order valence-electron chi connectivity index (χ2n) is 5.07. The summed E-state index contributed by atoms with van der Waals surface area (Å²) in [5.74, 6) is 1.56. The third kappa shape index (κ3) is 3.52. The molecule has 1 aliphatic rings. The third-order valence-corrected chi connectivity index (χ3v) is 7.66. The third-order valence-electron chi connectivity index (χ3n) is 3.67. The Labute approximate surface area is 154 Å². The van der Waals surface area contributed by atoms with E-state index in [0.717, 1.165) is 20.6 Å². The van der Waals surface area contributed by atoms with E-state index < -0.39 is 10.0 Å². The van der Waals surface area contributed by atoms with E-state index in [1.165, 1.54) is 0 Å². The first kappa shape index (κ1) is 17.1. The standard InChI is InChI=1S/C16H16INO3S2/c1-21-14-6-2-12(3-7-14)16-18(10-11-22-16)23(19,20)15-8-4-13(17)5-9-15/h2-9,16H,10-11H2,1H3/t16-/m1/s1. The van der Waals surface area contributed by atoms with Gasteiger partial charge in [-0.3, -0.25) is 0 Å². The van der Waals surface area contributed by atoms with Crippen LogP contribution in [-0.2, 0) is 10.0 Å². The molecule has 0 aromatic heterocycles. The quantitative estimate of drug-likeness (QED) is 0.652. The highest BCUT2D eigenvalue weighted by Crippen LogP contribution is 2.41. The van der Waals surface area contributed by atoms with Crippen molar-refractivity contribution in [3.8, 4) is 5.75 Å². The SMILES string of the molecule is COc1ccc([C@H]2SCCN2S(=O)(=O)c2ccc(I)cc2)cc1. The monoisotopic (exact) mass is 461 g/mol. The van der Waals surface area contributed by atoms with E-state index in [-0.39, 0.29) is 5.37 Å². The molecule has 3 rings (SSSR count). The molecule has 0 amide bonds. The van der Waals surface area contributed by atoms with Gasteiger partial charge in [-0.1, -0.05) is 12.1 Å². The van der Waals surface area contributed by atoms with Crippen LogP contribution in [0.25, 0.3) is 0 Å². The molecule has 1 atom stereocenters. The number of thioether (sulfide) groups is 1. The van der Waals surface area contributed by atoms with Crippen LogP contribution in [0.3, 0.4) is 0 Å². The first-order valence-electron chi connectivity index (χ1n) is 7.05. The summed E-state index contributed by atoms with van der Waals surface area (Å²) < 4.78 is 33.6. The minimum absolute atomic E-state index is 0.190. The zero-order valence-electron chi connectivity index (χ0n) is 12.5. The fourth-order valence-electron chi connectivity index (χ4n) is 2.47. The van der Waals surface area contributed by atoms with E-state index in [1.54, 1.807) is 35.3 Å². The van der Waals surface area contributed by atoms with Crippen LogP contribution in [0.1, 0.15) is 10.9 Å². The molecule has 1 heterocycles. The van der Waals surface area contributed by atoms with E-state index >= 15 is 0 Å². The molecular weight excluding hydrogens is 445 g/mol. The summed E-state index contributed by atoms with van der Waals surface area (Å²) in [5, 5.41) is -0.190. The van der Waals surface area contributed by atoms with Gasteiger partial charge in [-0.25, -0.2) is 8.42 Å². The Kier molecular flexibility index (Phi) is 5.19. The molecule has 2 aromatic rings. The molecule has 1 aliphatic heterocycles. The molecular formula is C16H16INO3S2. The molecule has 0 unspecified atom stereocenters. The van der Waals surface area contributed by atoms with E-state index in [1.807, 2.05) is 36.4 Å². The second-order valence-corrected chi connectivity index (χ2v) is 9.39. The molecule has 0 saturated carbocycles. The Hall–Kier alpha value is -0.770. The van der Waals surface area contributed by atoms with Crippen LogP contribution in [0, 0.1) is 3.57 Å². The maximum absolute atomic E-state index is 12.9. The van der Waals surface area contributed by atoms with Gasteiger partial charge in [-0.2, -0.15) is 4.31 Å². The van der Waals surface area contributed by atoms with Crippen LogP contribution in [0.4, 0.5) is 0 Å². The minimum atomic E-state index is -3.49. The number of nitrogens with zero attached hydrogens (tertiary/aromatic N) is 1. The van der Waals surface area contributed by atoms with Crippen LogP contribution in [0.2, 0.25) is 0 Å². The van der Waals surface area contributed by atoms with Crippen molar-refractivity contribution in [2.45, 2.75) is 10.3 Å². The van der Waals surface area contributed by atoms with Crippen LogP contribution in [0.15, 0.2) is 53.4 Å². The zero-order chi connectivity index (χ0) is 16.4. The second kappa shape index (κ2) is 7.00. The van der Waals surface area contributed by atoms with Gasteiger partial charge < -0.3 is 4.74 Å². The van der Waals surface area contributed by atoms with E-state index in [9.17, 15) is 8.42 Å². The van der Waals surface area contributed by atoms with Crippen molar-refractivity contribution in [3.63, 3.8) is 0 Å². The van der Waals surface area contributed by atoms with E-state index in [2.05, 4.69) is 22.6 Å². The fraction of sp³-hybridized carbons (Fsp3) is 0.250. The molecule has 1 fully saturated rings. The Morgan fingerprint density at radius 2 is 1.78 bits per heavy atom. The van der Waals surface area contributed by atoms with Crippen molar-refractivity contribution in [1.82, 2.24) is 4.31 Å². The normalized spacial score (nSPS) is 19.0. The molecule has 0 bridgehead atoms. The molecule has 7 heteroatoms. The van der Waals surface area contributed by atoms with Crippen LogP contribution in [-0.4, -0.2) is 32.1 Å². The summed E-state index contributed by atoms with van der Waals surface area (Å²) in [5.41, 5.74) is 0.974. The van der Waals surface area contributed by atoms with E-state index in [0.29, 0.717) is 11.4 Å². The van der Waals surface area contributed by atoms with Gasteiger partial charge in [0.2, 0.25) is 10.0 Å². The largest absolute Gasteiger partial charge is 0.497 e. The highest BCUT2D eigenvalue weighted by Gasteiger charge is 2.36. The van der Waals surface area contributed by atoms with Gasteiger partial charge >= 0.3 is 0 Å². The molecule has 23 heavy (non-hydrogen) atoms. The Morgan fingerprint density at radius 3 is 2.39 bits per heavy atom. The number of sulfonamides is 1. The summed E-state index contributed by atoms with van der Waals surface area (Å²) in [6, 6.07) is 14.6. The van der Waals surface area contributed by atoms with Crippen LogP contribution in [0.5, 0.6) is 5.75 Å². The van der Waals surface area contributed by atoms with Gasteiger partial charge in [0.05, 0.1) is 17.4 Å². The number of rotatable bonds is 4. The van der Waals surface area contributed by atoms with Crippen molar-refractivity contribution in [3.05, 3.63) is 57.7 Å². The van der Waals surface area contributed by atoms with Crippen LogP contribution < -0.4 is 4.74 Å². The lowest BCUT2D eigenvalue weighted by Gasteiger charge is -2.23. The number of halogens is 1. The maximum Gasteiger partial charge on any atom is 0.244 e. The smallest absolute Gasteiger partial charge is 0.244 e. The number of benzene rings is 2. The first-order chi connectivity index (χ1) is 11.0. The summed E-state index contributed by atoms with van der Waals surface area (Å²) in [7, 11) is -1.87. The molecule has 1 saturated heterocycles. The molecule has 0 radical (unpaired) electrons. The Morgan fingerprint density at radius 1 is 1.13 bits per heavy atom. The molecule has 122 valence electrons. The molecule has 0 N–H and O–H groups in total. The van der Waals surface area contributed by atoms with Crippen molar-refractivity contribution in [2.75, 3.05) is 19.4 Å². The summed E-state index contributed by atoms with van der Waals surface area (Å²) in [4.78, 5) is 0.346. The topological polar surface area (TPSA) is 46.6 Å². The van der Waals surface area contributed by atoms with Crippen molar-refractivity contribution in [1.29, 1.82) is 0 Å². The number of ether oxygens (including phenoxy) is 1. The van der Waals surface area contributed by atoms with Gasteiger partial charge in [0.25, 0.3) is 0 Å². The highest BCUT2D eigenvalue weighted by atomic mass is 127. The van der Waals surface area contributed by atoms with Gasteiger partial charge in [0, 0.05) is 15.9 Å². The summed E-state index contributed by atoms with van der Waals surface area (Å²) in [6.45, 7) is 0.523. The number of methoxy groups -OCH3 is 1. The lowest BCUT2D eigenvalue weighted by atomic mass is 10.2. The number of hydrogen-bond donors (Lipinski definition) is 0. The lowest BCUT2D eigenvalue weighted by Crippen LogP contribution is -2.30. The summed E-state index contributed by atoms with van der Waals surface area (Å²) >= 11 is 3.81. The molecule has 2 aromatic carbocycles.